The van der Waals surface area contributed by atoms with Gasteiger partial charge in [-0.25, -0.2) is 82.5 Å². The Hall–Kier alpha value is -13.9. The van der Waals surface area contributed by atoms with Crippen molar-refractivity contribution in [1.82, 2.24) is 100 Å². The third-order valence-corrected chi connectivity index (χ3v) is 20.9. The highest BCUT2D eigenvalue weighted by molar-refractivity contribution is 7.93. The van der Waals surface area contributed by atoms with E-state index < -0.39 is 52.3 Å². The molecule has 0 spiro atoms. The van der Waals surface area contributed by atoms with Crippen LogP contribution in [-0.2, 0) is 40.1 Å². The molecular formula is C71H59F3N24O11S5. The van der Waals surface area contributed by atoms with Crippen molar-refractivity contribution in [2.45, 2.75) is 60.5 Å². The van der Waals surface area contributed by atoms with Gasteiger partial charge >= 0.3 is 6.30 Å². The zero-order valence-electron chi connectivity index (χ0n) is 59.9. The molecule has 2 amide bonds. The van der Waals surface area contributed by atoms with Gasteiger partial charge in [-0.05, 0) is 168 Å². The van der Waals surface area contributed by atoms with Crippen LogP contribution in [0.25, 0.3) is 68.7 Å². The van der Waals surface area contributed by atoms with Crippen LogP contribution in [0, 0.1) is 34.6 Å². The molecule has 0 bridgehead atoms. The van der Waals surface area contributed by atoms with E-state index in [-0.39, 0.29) is 78.1 Å². The van der Waals surface area contributed by atoms with Gasteiger partial charge < -0.3 is 9.73 Å². The molecule has 10 aromatic heterocycles. The Kier molecular flexibility index (Phi) is 25.2. The number of rotatable bonds is 20. The number of thiazole rings is 1. The van der Waals surface area contributed by atoms with Crippen molar-refractivity contribution in [3.05, 3.63) is 252 Å². The monoisotopic (exact) mass is 1640 g/mol. The van der Waals surface area contributed by atoms with Crippen LogP contribution < -0.4 is 29.5 Å². The van der Waals surface area contributed by atoms with E-state index in [9.17, 15) is 56.4 Å². The maximum Gasteiger partial charge on any atom is 0.484 e. The number of alkyl halides is 3. The first kappa shape index (κ1) is 81.1. The molecule has 35 nitrogen and oxygen atoms in total. The summed E-state index contributed by atoms with van der Waals surface area (Å²) >= 11 is 1.54. The standard InChI is InChI=1S/C19H16N6O2S2.C18H14N6O3S.C17H13F3N6O3S.C17H16N6O3S/c1-12-21-18(16-5-3-4-10-20-16)24-19(22-12)25-29(26,27)15-8-6-14(7-9-15)17-11-28-13(2)23-17;1-12-21-17(15-4-2-3-9-20-15)23-18(22-12)24-28(25,26)14-7-5-13(6-8-14)16-10-19-11-27-16;1-10-22-14(13-4-2-3-9-21-13)24-16(23-10)26-30(28,29)12-7-5-11(6-8-12)15(27)25-17(18,19)20;1-11-20-15(14-5-3-4-10-19-14)22-17(21-11)23-27(25,26)13-8-6-12(7-9-13)16(24)18-2/h3-11H,1-2H3,(H,21,22,24,25);2-11H,1H3,(H,21,22,23,24);2-9H,1H3,(H,25,27)(H,22,23,24,26);3-10H,1-2H3,(H,18,24)(H,20,21,22,23). The number of pyridine rings is 4. The van der Waals surface area contributed by atoms with Crippen LogP contribution in [0.3, 0.4) is 0 Å². The number of hydrogen-bond donors (Lipinski definition) is 6. The van der Waals surface area contributed by atoms with E-state index >= 15 is 0 Å². The molecule has 4 aromatic carbocycles. The van der Waals surface area contributed by atoms with Crippen LogP contribution in [0.2, 0.25) is 0 Å². The van der Waals surface area contributed by atoms with Crippen molar-refractivity contribution < 1.29 is 60.8 Å². The number of benzene rings is 4. The normalized spacial score (nSPS) is 11.4. The molecule has 0 radical (unpaired) electrons. The second-order valence-corrected chi connectivity index (χ2v) is 30.9. The van der Waals surface area contributed by atoms with Gasteiger partial charge in [-0.15, -0.1) is 11.3 Å². The number of sulfonamides is 4. The van der Waals surface area contributed by atoms with E-state index in [1.807, 2.05) is 12.3 Å². The van der Waals surface area contributed by atoms with Gasteiger partial charge in [-0.1, -0.05) is 36.4 Å². The zero-order chi connectivity index (χ0) is 81.4. The van der Waals surface area contributed by atoms with Crippen molar-refractivity contribution >= 4 is 87.0 Å². The fourth-order valence-corrected chi connectivity index (χ4v) is 14.0. The average Bonchev–Trinajstić information content (AvgIpc) is 1.21. The second-order valence-electron chi connectivity index (χ2n) is 23.1. The van der Waals surface area contributed by atoms with E-state index in [1.165, 1.54) is 68.2 Å². The third-order valence-electron chi connectivity index (χ3n) is 14.8. The number of aromatic nitrogens is 18. The highest BCUT2D eigenvalue weighted by atomic mass is 32.2. The van der Waals surface area contributed by atoms with Crippen LogP contribution in [0.4, 0.5) is 37.0 Å². The summed E-state index contributed by atoms with van der Waals surface area (Å²) in [6, 6.07) is 43.0. The van der Waals surface area contributed by atoms with Crippen molar-refractivity contribution in [1.29, 1.82) is 0 Å². The predicted molar refractivity (Wildman–Crippen MR) is 408 cm³/mol. The van der Waals surface area contributed by atoms with Crippen molar-refractivity contribution in [2.24, 2.45) is 0 Å². The smallest absolute Gasteiger partial charge is 0.444 e. The van der Waals surface area contributed by atoms with E-state index in [0.29, 0.717) is 63.0 Å². The Morgan fingerprint density at radius 2 is 0.693 bits per heavy atom. The summed E-state index contributed by atoms with van der Waals surface area (Å²) in [5.74, 6) is 0.651. The lowest BCUT2D eigenvalue weighted by Crippen LogP contribution is -2.37. The highest BCUT2D eigenvalue weighted by Crippen LogP contribution is 2.28. The molecule has 43 heteroatoms. The lowest BCUT2D eigenvalue weighted by molar-refractivity contribution is -0.146. The van der Waals surface area contributed by atoms with Gasteiger partial charge in [0.15, 0.2) is 35.5 Å². The van der Waals surface area contributed by atoms with Crippen LogP contribution in [0.15, 0.2) is 237 Å². The van der Waals surface area contributed by atoms with E-state index in [0.717, 1.165) is 45.8 Å². The van der Waals surface area contributed by atoms with Gasteiger partial charge in [-0.2, -0.15) is 53.0 Å². The molecule has 0 saturated heterocycles. The fraction of sp³-hybridized carbons (Fsp3) is 0.0986. The number of halogens is 3. The third kappa shape index (κ3) is 22.0. The maximum atomic E-state index is 12.8. The molecule has 0 fully saturated rings. The number of carbonyl (C=O) groups is 2. The molecule has 14 aromatic rings. The van der Waals surface area contributed by atoms with E-state index in [2.05, 4.69) is 114 Å². The summed E-state index contributed by atoms with van der Waals surface area (Å²) in [5.41, 5.74) is 4.32. The maximum absolute atomic E-state index is 12.8. The van der Waals surface area contributed by atoms with Crippen LogP contribution in [-0.4, -0.2) is 149 Å². The van der Waals surface area contributed by atoms with Crippen LogP contribution >= 0.6 is 11.3 Å². The first-order valence-electron chi connectivity index (χ1n) is 32.8. The number of nitrogens with zero attached hydrogens (tertiary/aromatic N) is 18. The van der Waals surface area contributed by atoms with Crippen molar-refractivity contribution in [3.63, 3.8) is 0 Å². The summed E-state index contributed by atoms with van der Waals surface area (Å²) < 4.78 is 152. The van der Waals surface area contributed by atoms with Crippen LogP contribution in [0.1, 0.15) is 49.0 Å². The molecule has 0 atom stereocenters. The minimum absolute atomic E-state index is 0.0207. The van der Waals surface area contributed by atoms with Crippen molar-refractivity contribution in [3.8, 4) is 68.7 Å². The Balaban J connectivity index is 0.000000150. The molecule has 0 unspecified atom stereocenters. The lowest BCUT2D eigenvalue weighted by atomic mass is 10.2. The van der Waals surface area contributed by atoms with Gasteiger partial charge in [0.05, 0.1) is 36.5 Å². The number of oxazole rings is 1. The lowest BCUT2D eigenvalue weighted by Gasteiger charge is -2.10. The number of anilines is 4. The van der Waals surface area contributed by atoms with Gasteiger partial charge in [0.2, 0.25) is 23.8 Å². The number of nitrogens with one attached hydrogen (secondary N) is 6. The SMILES string of the molecule is CNC(=O)c1ccc(S(=O)(=O)Nc2nc(C)nc(-c3ccccn3)n2)cc1.Cc1nc(NS(=O)(=O)c2ccc(-c3cnco3)cc2)nc(-c2ccccn2)n1.Cc1nc(NS(=O)(=O)c2ccc(-c3csc(C)n3)cc2)nc(-c2ccccn2)n1.Cc1nc(NS(=O)(=O)c2ccc(C(=O)NC(F)(F)F)cc2)nc(-c2ccccn2)n1. The average molecular weight is 1640 g/mol. The zero-order valence-corrected chi connectivity index (χ0v) is 64.0. The van der Waals surface area contributed by atoms with E-state index in [1.54, 1.807) is 161 Å². The minimum atomic E-state index is -4.90. The number of aryl methyl sites for hydroxylation is 5. The summed E-state index contributed by atoms with van der Waals surface area (Å²) in [6.45, 7) is 8.41. The summed E-state index contributed by atoms with van der Waals surface area (Å²) in [7, 11) is -14.4. The first-order chi connectivity index (χ1) is 54.3. The Morgan fingerprint density at radius 3 is 0.965 bits per heavy atom. The Labute approximate surface area is 651 Å². The highest BCUT2D eigenvalue weighted by Gasteiger charge is 2.31. The number of carbonyl (C=O) groups excluding carboxylic acids is 2. The molecule has 580 valence electrons. The van der Waals surface area contributed by atoms with Crippen LogP contribution in [0.5, 0.6) is 0 Å². The largest absolute Gasteiger partial charge is 0.484 e. The second kappa shape index (κ2) is 35.4. The molecule has 0 saturated carbocycles. The molecule has 14 rings (SSSR count). The molecule has 0 aliphatic carbocycles. The molecular weight excluding hydrogens is 1580 g/mol. The molecule has 0 aliphatic rings. The molecule has 114 heavy (non-hydrogen) atoms. The predicted octanol–water partition coefficient (Wildman–Crippen LogP) is 9.87. The van der Waals surface area contributed by atoms with Crippen molar-refractivity contribution in [2.75, 3.05) is 25.9 Å². The first-order valence-corrected chi connectivity index (χ1v) is 39.7. The van der Waals surface area contributed by atoms with E-state index in [4.69, 9.17) is 4.42 Å². The van der Waals surface area contributed by atoms with Gasteiger partial charge in [-0.3, -0.25) is 34.8 Å². The number of hydrogen-bond acceptors (Lipinski definition) is 30. The molecule has 6 N–H and O–H groups in total. The summed E-state index contributed by atoms with van der Waals surface area (Å²) in [4.78, 5) is 97.1. The quantitative estimate of drug-likeness (QED) is 0.0386. The summed E-state index contributed by atoms with van der Waals surface area (Å²) in [5, 5.41) is 6.18. The Morgan fingerprint density at radius 1 is 0.377 bits per heavy atom. The summed E-state index contributed by atoms with van der Waals surface area (Å²) in [6.07, 6.45) is 4.29. The molecule has 10 heterocycles. The van der Waals surface area contributed by atoms with Gasteiger partial charge in [0.1, 0.15) is 46.1 Å². The Bertz CT molecular complexity index is 6220. The van der Waals surface area contributed by atoms with Gasteiger partial charge in [0.25, 0.3) is 51.9 Å². The van der Waals surface area contributed by atoms with Gasteiger partial charge in [0, 0.05) is 59.5 Å². The fourth-order valence-electron chi connectivity index (χ4n) is 9.64. The minimum Gasteiger partial charge on any atom is -0.444 e. The number of amides is 2. The topological polar surface area (TPSA) is 488 Å². The molecule has 0 aliphatic heterocycles.